The van der Waals surface area contributed by atoms with E-state index in [1.165, 1.54) is 32.4 Å². The van der Waals surface area contributed by atoms with Crippen molar-refractivity contribution in [2.24, 2.45) is 0 Å². The third-order valence-corrected chi connectivity index (χ3v) is 5.18. The van der Waals surface area contributed by atoms with Crippen LogP contribution in [0.25, 0.3) is 0 Å². The molecule has 0 amide bonds. The zero-order chi connectivity index (χ0) is 14.7. The molecule has 1 N–H and O–H groups in total. The van der Waals surface area contributed by atoms with Gasteiger partial charge in [-0.05, 0) is 40.5 Å². The highest BCUT2D eigenvalue weighted by Crippen LogP contribution is 2.33. The van der Waals surface area contributed by atoms with Gasteiger partial charge >= 0.3 is 0 Å². The summed E-state index contributed by atoms with van der Waals surface area (Å²) in [5.74, 6) is 0. The molecule has 0 aliphatic carbocycles. The van der Waals surface area contributed by atoms with Crippen LogP contribution in [-0.2, 0) is 0 Å². The number of quaternary nitrogens is 1. The van der Waals surface area contributed by atoms with Crippen molar-refractivity contribution in [2.45, 2.75) is 78.4 Å². The number of likely N-dealkylation sites (N-methyl/N-ethyl adjacent to an activating group) is 1. The topological polar surface area (TPSA) is 15.3 Å². The zero-order valence-electron chi connectivity index (χ0n) is 14.3. The predicted octanol–water partition coefficient (Wildman–Crippen LogP) is 3.37. The molecular formula is C16H36N3+. The lowest BCUT2D eigenvalue weighted by molar-refractivity contribution is -0.965. The quantitative estimate of drug-likeness (QED) is 0.745. The standard InChI is InChI=1S/C16H36N3/c1-8-11-12-15(4,5)18-13-14-19(7,10-3)17-16(18,6)9-2/h17H,8-14H2,1-7H3/q+1. The summed E-state index contributed by atoms with van der Waals surface area (Å²) in [6, 6.07) is 0. The first-order valence-corrected chi connectivity index (χ1v) is 8.15. The molecule has 0 bridgehead atoms. The summed E-state index contributed by atoms with van der Waals surface area (Å²) in [5, 5.41) is 0. The van der Waals surface area contributed by atoms with Gasteiger partial charge in [-0.25, -0.2) is 4.59 Å². The van der Waals surface area contributed by atoms with Crippen molar-refractivity contribution in [3.05, 3.63) is 0 Å². The van der Waals surface area contributed by atoms with Crippen molar-refractivity contribution in [3.63, 3.8) is 0 Å². The molecule has 2 unspecified atom stereocenters. The maximum absolute atomic E-state index is 3.90. The molecule has 0 aromatic carbocycles. The Balaban J connectivity index is 2.89. The van der Waals surface area contributed by atoms with E-state index in [2.05, 4.69) is 58.9 Å². The van der Waals surface area contributed by atoms with Gasteiger partial charge in [0.2, 0.25) is 0 Å². The molecule has 1 heterocycles. The lowest BCUT2D eigenvalue weighted by Crippen LogP contribution is -2.77. The summed E-state index contributed by atoms with van der Waals surface area (Å²) < 4.78 is 0.991. The maximum atomic E-state index is 3.90. The van der Waals surface area contributed by atoms with Gasteiger partial charge < -0.3 is 0 Å². The van der Waals surface area contributed by atoms with Crippen LogP contribution in [0.1, 0.15) is 67.2 Å². The minimum Gasteiger partial charge on any atom is -0.271 e. The average molecular weight is 270 g/mol. The lowest BCUT2D eigenvalue weighted by atomic mass is 9.90. The van der Waals surface area contributed by atoms with E-state index in [1.54, 1.807) is 0 Å². The highest BCUT2D eigenvalue weighted by molar-refractivity contribution is 4.93. The molecule has 0 aromatic heterocycles. The van der Waals surface area contributed by atoms with Crippen LogP contribution in [0.2, 0.25) is 0 Å². The summed E-state index contributed by atoms with van der Waals surface area (Å²) in [5.41, 5.74) is 4.30. The smallest absolute Gasteiger partial charge is 0.116 e. The van der Waals surface area contributed by atoms with E-state index in [-0.39, 0.29) is 11.2 Å². The van der Waals surface area contributed by atoms with E-state index < -0.39 is 0 Å². The number of nitrogens with one attached hydrogen (secondary N) is 1. The number of unbranched alkanes of at least 4 members (excludes halogenated alkanes) is 1. The number of hydrogen-bond acceptors (Lipinski definition) is 2. The highest BCUT2D eigenvalue weighted by atomic mass is 15.7. The second kappa shape index (κ2) is 6.11. The van der Waals surface area contributed by atoms with Gasteiger partial charge in [0.25, 0.3) is 0 Å². The Kier molecular flexibility index (Phi) is 5.44. The van der Waals surface area contributed by atoms with Crippen LogP contribution in [0, 0.1) is 0 Å². The fraction of sp³-hybridized carbons (Fsp3) is 1.00. The molecule has 3 heteroatoms. The molecule has 1 fully saturated rings. The number of rotatable bonds is 6. The summed E-state index contributed by atoms with van der Waals surface area (Å²) in [7, 11) is 2.32. The number of hydrogen-bond donors (Lipinski definition) is 1. The van der Waals surface area contributed by atoms with Crippen LogP contribution < -0.4 is 5.43 Å². The van der Waals surface area contributed by atoms with E-state index in [0.29, 0.717) is 0 Å². The van der Waals surface area contributed by atoms with Crippen LogP contribution in [0.15, 0.2) is 0 Å². The molecule has 1 aliphatic heterocycles. The second-order valence-corrected chi connectivity index (χ2v) is 7.24. The van der Waals surface area contributed by atoms with E-state index in [9.17, 15) is 0 Å². The zero-order valence-corrected chi connectivity index (χ0v) is 14.3. The van der Waals surface area contributed by atoms with Crippen molar-refractivity contribution in [3.8, 4) is 0 Å². The molecule has 0 saturated carbocycles. The fourth-order valence-corrected chi connectivity index (χ4v) is 3.49. The predicted molar refractivity (Wildman–Crippen MR) is 83.7 cm³/mol. The van der Waals surface area contributed by atoms with E-state index in [0.717, 1.165) is 17.6 Å². The summed E-state index contributed by atoms with van der Waals surface area (Å²) in [6.07, 6.45) is 5.05. The average Bonchev–Trinajstić information content (AvgIpc) is 2.36. The van der Waals surface area contributed by atoms with Crippen molar-refractivity contribution in [2.75, 3.05) is 26.7 Å². The van der Waals surface area contributed by atoms with Gasteiger partial charge in [0.15, 0.2) is 0 Å². The monoisotopic (exact) mass is 270 g/mol. The van der Waals surface area contributed by atoms with Gasteiger partial charge in [-0.2, -0.15) is 0 Å². The highest BCUT2D eigenvalue weighted by Gasteiger charge is 2.47. The van der Waals surface area contributed by atoms with Gasteiger partial charge in [0.05, 0.1) is 20.1 Å². The Morgan fingerprint density at radius 3 is 2.37 bits per heavy atom. The van der Waals surface area contributed by atoms with Gasteiger partial charge in [-0.3, -0.25) is 4.90 Å². The Labute approximate surface area is 120 Å². The third kappa shape index (κ3) is 3.71. The van der Waals surface area contributed by atoms with Crippen LogP contribution >= 0.6 is 0 Å². The first kappa shape index (κ1) is 16.9. The fourth-order valence-electron chi connectivity index (χ4n) is 3.49. The van der Waals surface area contributed by atoms with Crippen LogP contribution in [0.3, 0.4) is 0 Å². The van der Waals surface area contributed by atoms with Crippen molar-refractivity contribution in [1.82, 2.24) is 10.3 Å². The molecular weight excluding hydrogens is 234 g/mol. The molecule has 1 aliphatic rings. The van der Waals surface area contributed by atoms with Crippen molar-refractivity contribution >= 4 is 0 Å². The third-order valence-electron chi connectivity index (χ3n) is 5.18. The summed E-state index contributed by atoms with van der Waals surface area (Å²) in [6.45, 7) is 17.6. The largest absolute Gasteiger partial charge is 0.271 e. The van der Waals surface area contributed by atoms with E-state index in [1.807, 2.05) is 0 Å². The molecule has 0 spiro atoms. The minimum atomic E-state index is 0.111. The van der Waals surface area contributed by atoms with E-state index in [4.69, 9.17) is 0 Å². The molecule has 0 radical (unpaired) electrons. The summed E-state index contributed by atoms with van der Waals surface area (Å²) >= 11 is 0. The molecule has 0 aromatic rings. The Hall–Kier alpha value is -0.120. The molecule has 1 rings (SSSR count). The van der Waals surface area contributed by atoms with Gasteiger partial charge in [-0.15, -0.1) is 5.43 Å². The van der Waals surface area contributed by atoms with Crippen LogP contribution in [0.4, 0.5) is 0 Å². The van der Waals surface area contributed by atoms with Gasteiger partial charge in [-0.1, -0.05) is 26.7 Å². The molecule has 1 saturated heterocycles. The van der Waals surface area contributed by atoms with Crippen LogP contribution in [0.5, 0.6) is 0 Å². The van der Waals surface area contributed by atoms with Gasteiger partial charge in [0, 0.05) is 5.54 Å². The normalized spacial score (nSPS) is 33.6. The summed E-state index contributed by atoms with van der Waals surface area (Å²) in [4.78, 5) is 2.71. The van der Waals surface area contributed by atoms with Crippen molar-refractivity contribution in [1.29, 1.82) is 0 Å². The first-order chi connectivity index (χ1) is 8.73. The van der Waals surface area contributed by atoms with Crippen molar-refractivity contribution < 1.29 is 4.59 Å². The van der Waals surface area contributed by atoms with Gasteiger partial charge in [0.1, 0.15) is 12.2 Å². The maximum Gasteiger partial charge on any atom is 0.116 e. The molecule has 2 atom stereocenters. The molecule has 114 valence electrons. The Morgan fingerprint density at radius 1 is 1.26 bits per heavy atom. The minimum absolute atomic E-state index is 0.111. The molecule has 19 heavy (non-hydrogen) atoms. The second-order valence-electron chi connectivity index (χ2n) is 7.24. The SMILES string of the molecule is CCCCC(C)(C)N1CC[N+](C)(CC)NC1(C)CC. The molecule has 3 nitrogen and oxygen atoms in total. The van der Waals surface area contributed by atoms with Crippen LogP contribution in [-0.4, -0.2) is 47.4 Å². The van der Waals surface area contributed by atoms with E-state index >= 15 is 0 Å². The first-order valence-electron chi connectivity index (χ1n) is 8.15. The lowest BCUT2D eigenvalue weighted by Gasteiger charge is -2.57. The Bertz CT molecular complexity index is 290. The number of nitrogens with zero attached hydrogens (tertiary/aromatic N) is 2. The Morgan fingerprint density at radius 2 is 1.89 bits per heavy atom.